The number of nitrogen functional groups attached to an aromatic ring is 1. The number of anilines is 1. The number of nitrogens with two attached hydrogens (primary N) is 1. The summed E-state index contributed by atoms with van der Waals surface area (Å²) in [4.78, 5) is 12.9. The molecule has 116 valence electrons. The molecule has 1 aromatic rings. The van der Waals surface area contributed by atoms with Gasteiger partial charge in [-0.05, 0) is 24.6 Å². The van der Waals surface area contributed by atoms with Crippen molar-refractivity contribution in [1.82, 2.24) is 9.21 Å². The van der Waals surface area contributed by atoms with Crippen molar-refractivity contribution >= 4 is 21.6 Å². The third-order valence-corrected chi connectivity index (χ3v) is 5.64. The maximum atomic E-state index is 13.4. The van der Waals surface area contributed by atoms with Crippen molar-refractivity contribution in [2.24, 2.45) is 0 Å². The van der Waals surface area contributed by atoms with E-state index in [1.807, 2.05) is 0 Å². The number of amides is 1. The fraction of sp³-hybridized carbons (Fsp3) is 0.462. The van der Waals surface area contributed by atoms with Crippen molar-refractivity contribution in [2.75, 3.05) is 31.9 Å². The normalized spacial score (nSPS) is 17.0. The lowest BCUT2D eigenvalue weighted by Crippen LogP contribution is -2.50. The second-order valence-electron chi connectivity index (χ2n) is 5.05. The van der Waals surface area contributed by atoms with Crippen LogP contribution in [0.2, 0.25) is 0 Å². The fourth-order valence-corrected chi connectivity index (χ4v) is 3.99. The van der Waals surface area contributed by atoms with E-state index in [4.69, 9.17) is 5.73 Å². The zero-order valence-corrected chi connectivity index (χ0v) is 12.8. The largest absolute Gasteiger partial charge is 0.396 e. The Kier molecular flexibility index (Phi) is 4.20. The van der Waals surface area contributed by atoms with Gasteiger partial charge in [0.25, 0.3) is 0 Å². The number of carbonyl (C=O) groups is 1. The fourth-order valence-electron chi connectivity index (χ4n) is 2.33. The van der Waals surface area contributed by atoms with Crippen LogP contribution in [-0.4, -0.2) is 49.7 Å². The van der Waals surface area contributed by atoms with Gasteiger partial charge >= 0.3 is 0 Å². The van der Waals surface area contributed by atoms with Crippen molar-refractivity contribution in [1.29, 1.82) is 0 Å². The molecule has 2 rings (SSSR count). The topological polar surface area (TPSA) is 83.7 Å². The van der Waals surface area contributed by atoms with Gasteiger partial charge in [0.05, 0.1) is 10.6 Å². The Bertz CT molecular complexity index is 667. The van der Waals surface area contributed by atoms with E-state index in [9.17, 15) is 17.6 Å². The van der Waals surface area contributed by atoms with Crippen molar-refractivity contribution in [3.05, 3.63) is 23.5 Å². The second-order valence-corrected chi connectivity index (χ2v) is 6.96. The molecular formula is C13H18FN3O3S. The number of nitrogens with zero attached hydrogens (tertiary/aromatic N) is 2. The number of hydrogen-bond donors (Lipinski definition) is 1. The van der Waals surface area contributed by atoms with Gasteiger partial charge < -0.3 is 10.6 Å². The van der Waals surface area contributed by atoms with Crippen LogP contribution >= 0.6 is 0 Å². The Balaban J connectivity index is 2.28. The summed E-state index contributed by atoms with van der Waals surface area (Å²) in [6.07, 6.45) is 0. The number of rotatable bonds is 2. The molecule has 1 fully saturated rings. The number of piperazine rings is 1. The van der Waals surface area contributed by atoms with Crippen LogP contribution in [0.4, 0.5) is 10.1 Å². The third kappa shape index (κ3) is 3.01. The van der Waals surface area contributed by atoms with Gasteiger partial charge in [0.2, 0.25) is 15.9 Å². The lowest BCUT2D eigenvalue weighted by molar-refractivity contribution is -0.129. The van der Waals surface area contributed by atoms with E-state index in [0.29, 0.717) is 18.7 Å². The first-order valence-electron chi connectivity index (χ1n) is 6.55. The highest BCUT2D eigenvalue weighted by molar-refractivity contribution is 7.89. The Labute approximate surface area is 123 Å². The van der Waals surface area contributed by atoms with Crippen LogP contribution in [0.3, 0.4) is 0 Å². The molecule has 0 aliphatic carbocycles. The molecule has 0 unspecified atom stereocenters. The van der Waals surface area contributed by atoms with Crippen LogP contribution in [0.25, 0.3) is 0 Å². The molecule has 0 spiro atoms. The Morgan fingerprint density at radius 2 is 1.81 bits per heavy atom. The summed E-state index contributed by atoms with van der Waals surface area (Å²) in [5.74, 6) is -0.706. The number of carbonyl (C=O) groups excluding carboxylic acids is 1. The molecule has 21 heavy (non-hydrogen) atoms. The molecule has 0 saturated carbocycles. The molecular weight excluding hydrogens is 297 g/mol. The van der Waals surface area contributed by atoms with Crippen LogP contribution in [0.1, 0.15) is 12.5 Å². The number of benzene rings is 1. The van der Waals surface area contributed by atoms with Gasteiger partial charge in [0.15, 0.2) is 0 Å². The standard InChI is InChI=1S/C13H18FN3O3S/c1-9-7-11(14)12(15)8-13(9)21(19,20)17-5-3-16(4-6-17)10(2)18/h7-8H,3-6,15H2,1-2H3. The zero-order valence-electron chi connectivity index (χ0n) is 12.0. The van der Waals surface area contributed by atoms with E-state index < -0.39 is 15.8 Å². The molecule has 0 radical (unpaired) electrons. The molecule has 1 aliphatic heterocycles. The maximum Gasteiger partial charge on any atom is 0.243 e. The average Bonchev–Trinajstić information content (AvgIpc) is 2.42. The molecule has 1 heterocycles. The molecule has 1 aliphatic rings. The van der Waals surface area contributed by atoms with E-state index >= 15 is 0 Å². The minimum Gasteiger partial charge on any atom is -0.396 e. The molecule has 6 nitrogen and oxygen atoms in total. The van der Waals surface area contributed by atoms with Crippen molar-refractivity contribution in [2.45, 2.75) is 18.7 Å². The van der Waals surface area contributed by atoms with Crippen LogP contribution in [0.5, 0.6) is 0 Å². The lowest BCUT2D eigenvalue weighted by Gasteiger charge is -2.33. The first-order valence-corrected chi connectivity index (χ1v) is 7.99. The molecule has 1 amide bonds. The van der Waals surface area contributed by atoms with Gasteiger partial charge in [-0.15, -0.1) is 0 Å². The van der Waals surface area contributed by atoms with Crippen molar-refractivity contribution < 1.29 is 17.6 Å². The van der Waals surface area contributed by atoms with Crippen LogP contribution in [0, 0.1) is 12.7 Å². The number of hydrogen-bond acceptors (Lipinski definition) is 4. The molecule has 0 bridgehead atoms. The van der Waals surface area contributed by atoms with E-state index in [0.717, 1.165) is 12.1 Å². The monoisotopic (exact) mass is 315 g/mol. The van der Waals surface area contributed by atoms with Crippen LogP contribution in [-0.2, 0) is 14.8 Å². The minimum atomic E-state index is -3.73. The van der Waals surface area contributed by atoms with Crippen LogP contribution < -0.4 is 5.73 Å². The summed E-state index contributed by atoms with van der Waals surface area (Å²) in [6, 6.07) is 2.27. The van der Waals surface area contributed by atoms with Gasteiger partial charge in [0.1, 0.15) is 5.82 Å². The van der Waals surface area contributed by atoms with Crippen LogP contribution in [0.15, 0.2) is 17.0 Å². The number of sulfonamides is 1. The first kappa shape index (κ1) is 15.7. The van der Waals surface area contributed by atoms with Crippen molar-refractivity contribution in [3.63, 3.8) is 0 Å². The average molecular weight is 315 g/mol. The molecule has 2 N–H and O–H groups in total. The van der Waals surface area contributed by atoms with Gasteiger partial charge in [-0.3, -0.25) is 4.79 Å². The quantitative estimate of drug-likeness (QED) is 0.809. The Hall–Kier alpha value is -1.67. The Morgan fingerprint density at radius 3 is 2.33 bits per heavy atom. The summed E-state index contributed by atoms with van der Waals surface area (Å²) in [6.45, 7) is 4.13. The Morgan fingerprint density at radius 1 is 1.24 bits per heavy atom. The smallest absolute Gasteiger partial charge is 0.243 e. The predicted molar refractivity (Wildman–Crippen MR) is 76.6 cm³/mol. The maximum absolute atomic E-state index is 13.4. The lowest BCUT2D eigenvalue weighted by atomic mass is 10.2. The number of aryl methyl sites for hydroxylation is 1. The van der Waals surface area contributed by atoms with E-state index in [-0.39, 0.29) is 29.6 Å². The van der Waals surface area contributed by atoms with Crippen molar-refractivity contribution in [3.8, 4) is 0 Å². The second kappa shape index (κ2) is 5.61. The van der Waals surface area contributed by atoms with Gasteiger partial charge in [0, 0.05) is 33.1 Å². The third-order valence-electron chi connectivity index (χ3n) is 3.60. The summed E-state index contributed by atoms with van der Waals surface area (Å²) in [5.41, 5.74) is 5.59. The van der Waals surface area contributed by atoms with Gasteiger partial charge in [-0.25, -0.2) is 12.8 Å². The molecule has 0 atom stereocenters. The minimum absolute atomic E-state index is 0.0117. The summed E-state index contributed by atoms with van der Waals surface area (Å²) in [5, 5.41) is 0. The predicted octanol–water partition coefficient (Wildman–Crippen LogP) is 0.569. The van der Waals surface area contributed by atoms with Gasteiger partial charge in [-0.1, -0.05) is 0 Å². The summed E-state index contributed by atoms with van der Waals surface area (Å²) >= 11 is 0. The highest BCUT2D eigenvalue weighted by Crippen LogP contribution is 2.25. The number of halogens is 1. The van der Waals surface area contributed by atoms with E-state index in [1.165, 1.54) is 18.2 Å². The van der Waals surface area contributed by atoms with E-state index in [2.05, 4.69) is 0 Å². The molecule has 8 heteroatoms. The van der Waals surface area contributed by atoms with Gasteiger partial charge in [-0.2, -0.15) is 4.31 Å². The summed E-state index contributed by atoms with van der Waals surface area (Å²) in [7, 11) is -3.73. The zero-order chi connectivity index (χ0) is 15.8. The summed E-state index contributed by atoms with van der Waals surface area (Å²) < 4.78 is 39.8. The molecule has 1 saturated heterocycles. The van der Waals surface area contributed by atoms with E-state index in [1.54, 1.807) is 4.90 Å². The first-order chi connectivity index (χ1) is 9.73. The SMILES string of the molecule is CC(=O)N1CCN(S(=O)(=O)c2cc(N)c(F)cc2C)CC1. The molecule has 0 aromatic heterocycles. The molecule has 1 aromatic carbocycles. The highest BCUT2D eigenvalue weighted by Gasteiger charge is 2.30. The highest BCUT2D eigenvalue weighted by atomic mass is 32.2.